The van der Waals surface area contributed by atoms with E-state index in [1.165, 1.54) is 5.56 Å². The summed E-state index contributed by atoms with van der Waals surface area (Å²) in [6, 6.07) is 12.0. The maximum absolute atomic E-state index is 5.92. The van der Waals surface area contributed by atoms with Crippen molar-refractivity contribution >= 4 is 5.65 Å². The van der Waals surface area contributed by atoms with E-state index in [0.29, 0.717) is 6.54 Å². The summed E-state index contributed by atoms with van der Waals surface area (Å²) in [5, 5.41) is 0. The van der Waals surface area contributed by atoms with Gasteiger partial charge in [0.05, 0.1) is 18.5 Å². The molecule has 4 nitrogen and oxygen atoms in total. The number of aromatic nitrogens is 2. The van der Waals surface area contributed by atoms with Crippen molar-refractivity contribution in [3.05, 3.63) is 53.9 Å². The van der Waals surface area contributed by atoms with E-state index < -0.39 is 0 Å². The molecule has 0 amide bonds. The summed E-state index contributed by atoms with van der Waals surface area (Å²) in [6.07, 6.45) is 2.02. The summed E-state index contributed by atoms with van der Waals surface area (Å²) >= 11 is 0. The molecule has 0 bridgehead atoms. The molecule has 2 heterocycles. The number of hydrogen-bond donors (Lipinski definition) is 1. The normalized spacial score (nSPS) is 10.9. The molecular weight excluding hydrogens is 250 g/mol. The average molecular weight is 267 g/mol. The Bertz CT molecular complexity index is 762. The lowest BCUT2D eigenvalue weighted by molar-refractivity contribution is 0.415. The number of hydrogen-bond acceptors (Lipinski definition) is 3. The average Bonchev–Trinajstić information content (AvgIpc) is 2.84. The first-order valence-corrected chi connectivity index (χ1v) is 6.55. The van der Waals surface area contributed by atoms with E-state index in [9.17, 15) is 0 Å². The number of imidazole rings is 1. The van der Waals surface area contributed by atoms with E-state index in [0.717, 1.165) is 28.3 Å². The summed E-state index contributed by atoms with van der Waals surface area (Å²) in [7, 11) is 1.66. The predicted molar refractivity (Wildman–Crippen MR) is 79.8 cm³/mol. The van der Waals surface area contributed by atoms with Gasteiger partial charge >= 0.3 is 0 Å². The minimum atomic E-state index is 0.441. The van der Waals surface area contributed by atoms with Gasteiger partial charge < -0.3 is 14.9 Å². The Morgan fingerprint density at radius 2 is 2.10 bits per heavy atom. The summed E-state index contributed by atoms with van der Waals surface area (Å²) in [5.41, 5.74) is 11.0. The highest BCUT2D eigenvalue weighted by atomic mass is 16.5. The number of ether oxygens (including phenoxy) is 1. The monoisotopic (exact) mass is 267 g/mol. The fourth-order valence-corrected chi connectivity index (χ4v) is 2.39. The lowest BCUT2D eigenvalue weighted by Gasteiger charge is -2.04. The van der Waals surface area contributed by atoms with Crippen LogP contribution in [0.5, 0.6) is 5.75 Å². The molecule has 2 aromatic heterocycles. The summed E-state index contributed by atoms with van der Waals surface area (Å²) in [4.78, 5) is 4.72. The zero-order valence-electron chi connectivity index (χ0n) is 11.6. The highest BCUT2D eigenvalue weighted by molar-refractivity contribution is 5.68. The number of pyridine rings is 1. The largest absolute Gasteiger partial charge is 0.497 e. The molecular formula is C16H17N3O. The zero-order chi connectivity index (χ0) is 14.1. The van der Waals surface area contributed by atoms with E-state index in [2.05, 4.69) is 19.1 Å². The molecule has 4 heteroatoms. The van der Waals surface area contributed by atoms with Crippen LogP contribution >= 0.6 is 0 Å². The highest BCUT2D eigenvalue weighted by Crippen LogP contribution is 2.27. The smallest absolute Gasteiger partial charge is 0.137 e. The van der Waals surface area contributed by atoms with Crippen molar-refractivity contribution in [1.82, 2.24) is 9.38 Å². The molecule has 0 aliphatic heterocycles. The van der Waals surface area contributed by atoms with Gasteiger partial charge in [-0.1, -0.05) is 12.1 Å². The van der Waals surface area contributed by atoms with Crippen molar-refractivity contribution in [3.63, 3.8) is 0 Å². The van der Waals surface area contributed by atoms with Gasteiger partial charge in [-0.15, -0.1) is 0 Å². The maximum Gasteiger partial charge on any atom is 0.137 e. The molecule has 0 aliphatic carbocycles. The number of nitrogens with two attached hydrogens (primary N) is 1. The molecule has 0 fully saturated rings. The number of rotatable bonds is 3. The fourth-order valence-electron chi connectivity index (χ4n) is 2.39. The van der Waals surface area contributed by atoms with Gasteiger partial charge in [0.15, 0.2) is 0 Å². The highest BCUT2D eigenvalue weighted by Gasteiger charge is 2.13. The first kappa shape index (κ1) is 12.7. The van der Waals surface area contributed by atoms with E-state index in [1.807, 2.05) is 34.9 Å². The topological polar surface area (TPSA) is 52.5 Å². The van der Waals surface area contributed by atoms with Crippen LogP contribution in [-0.4, -0.2) is 16.5 Å². The van der Waals surface area contributed by atoms with Crippen LogP contribution in [0.25, 0.3) is 16.9 Å². The van der Waals surface area contributed by atoms with E-state index >= 15 is 0 Å². The molecule has 0 spiro atoms. The summed E-state index contributed by atoms with van der Waals surface area (Å²) in [6.45, 7) is 2.50. The van der Waals surface area contributed by atoms with Crippen molar-refractivity contribution in [3.8, 4) is 17.0 Å². The minimum absolute atomic E-state index is 0.441. The van der Waals surface area contributed by atoms with Crippen LogP contribution in [0.3, 0.4) is 0 Å². The second-order valence-corrected chi connectivity index (χ2v) is 4.78. The van der Waals surface area contributed by atoms with Gasteiger partial charge in [-0.05, 0) is 36.8 Å². The van der Waals surface area contributed by atoms with Crippen molar-refractivity contribution in [2.75, 3.05) is 7.11 Å². The number of methoxy groups -OCH3 is 1. The van der Waals surface area contributed by atoms with Crippen LogP contribution in [0.15, 0.2) is 42.6 Å². The molecule has 0 radical (unpaired) electrons. The van der Waals surface area contributed by atoms with E-state index in [1.54, 1.807) is 7.11 Å². The zero-order valence-corrected chi connectivity index (χ0v) is 11.6. The van der Waals surface area contributed by atoms with Gasteiger partial charge in [-0.2, -0.15) is 0 Å². The Morgan fingerprint density at radius 3 is 2.85 bits per heavy atom. The first-order chi connectivity index (χ1) is 9.72. The van der Waals surface area contributed by atoms with Gasteiger partial charge in [0.1, 0.15) is 11.4 Å². The number of fused-ring (bicyclic) bond motifs is 1. The van der Waals surface area contributed by atoms with Gasteiger partial charge in [0.25, 0.3) is 0 Å². The molecule has 1 aromatic carbocycles. The molecule has 2 N–H and O–H groups in total. The number of aryl methyl sites for hydroxylation is 1. The Labute approximate surface area is 117 Å². The van der Waals surface area contributed by atoms with Gasteiger partial charge in [-0.25, -0.2) is 4.98 Å². The summed E-state index contributed by atoms with van der Waals surface area (Å²) in [5.74, 6) is 0.818. The van der Waals surface area contributed by atoms with Crippen LogP contribution < -0.4 is 10.5 Å². The van der Waals surface area contributed by atoms with Gasteiger partial charge in [0.2, 0.25) is 0 Å². The van der Waals surface area contributed by atoms with Crippen LogP contribution in [-0.2, 0) is 6.54 Å². The maximum atomic E-state index is 5.92. The summed E-state index contributed by atoms with van der Waals surface area (Å²) < 4.78 is 7.32. The Hall–Kier alpha value is -2.33. The van der Waals surface area contributed by atoms with E-state index in [-0.39, 0.29) is 0 Å². The molecule has 0 aliphatic rings. The van der Waals surface area contributed by atoms with Crippen molar-refractivity contribution in [2.45, 2.75) is 13.5 Å². The van der Waals surface area contributed by atoms with Crippen LogP contribution in [0, 0.1) is 6.92 Å². The quantitative estimate of drug-likeness (QED) is 0.794. The molecule has 3 rings (SSSR count). The van der Waals surface area contributed by atoms with Crippen LogP contribution in [0.4, 0.5) is 0 Å². The van der Waals surface area contributed by atoms with Gasteiger partial charge in [0, 0.05) is 18.3 Å². The fraction of sp³-hybridized carbons (Fsp3) is 0.188. The third-order valence-corrected chi connectivity index (χ3v) is 3.42. The second-order valence-electron chi connectivity index (χ2n) is 4.78. The molecule has 20 heavy (non-hydrogen) atoms. The first-order valence-electron chi connectivity index (χ1n) is 6.55. The molecule has 0 atom stereocenters. The standard InChI is InChI=1S/C16H17N3O/c1-11-6-7-19-14(10-17)16(18-15(19)8-11)12-4-3-5-13(9-12)20-2/h3-9H,10,17H2,1-2H3. The number of benzene rings is 1. The molecule has 0 unspecified atom stereocenters. The minimum Gasteiger partial charge on any atom is -0.497 e. The number of nitrogens with zero attached hydrogens (tertiary/aromatic N) is 2. The molecule has 0 saturated heterocycles. The third-order valence-electron chi connectivity index (χ3n) is 3.42. The lowest BCUT2D eigenvalue weighted by Crippen LogP contribution is -2.02. The van der Waals surface area contributed by atoms with Crippen molar-refractivity contribution < 1.29 is 4.74 Å². The SMILES string of the molecule is COc1cccc(-c2nc3cc(C)ccn3c2CN)c1. The van der Waals surface area contributed by atoms with Gasteiger partial charge in [-0.3, -0.25) is 0 Å². The van der Waals surface area contributed by atoms with Crippen LogP contribution in [0.1, 0.15) is 11.3 Å². The van der Waals surface area contributed by atoms with Crippen molar-refractivity contribution in [2.24, 2.45) is 5.73 Å². The second kappa shape index (κ2) is 4.98. The molecule has 3 aromatic rings. The Morgan fingerprint density at radius 1 is 1.25 bits per heavy atom. The third kappa shape index (κ3) is 2.04. The Balaban J connectivity index is 2.24. The van der Waals surface area contributed by atoms with Crippen LogP contribution in [0.2, 0.25) is 0 Å². The van der Waals surface area contributed by atoms with Crippen molar-refractivity contribution in [1.29, 1.82) is 0 Å². The molecule has 0 saturated carbocycles. The molecule has 102 valence electrons. The lowest BCUT2D eigenvalue weighted by atomic mass is 10.1. The Kier molecular flexibility index (Phi) is 3.16. The van der Waals surface area contributed by atoms with E-state index in [4.69, 9.17) is 15.5 Å². The predicted octanol–water partition coefficient (Wildman–Crippen LogP) is 2.78.